The average Bonchev–Trinajstić information content (AvgIpc) is 3.24. The van der Waals surface area contributed by atoms with Crippen molar-refractivity contribution in [2.24, 2.45) is 5.41 Å². The van der Waals surface area contributed by atoms with Crippen LogP contribution in [0.15, 0.2) is 18.2 Å². The van der Waals surface area contributed by atoms with Crippen molar-refractivity contribution in [1.29, 1.82) is 0 Å². The maximum Gasteiger partial charge on any atom is 0.314 e. The highest BCUT2D eigenvalue weighted by molar-refractivity contribution is 5.85. The van der Waals surface area contributed by atoms with Crippen LogP contribution in [0.4, 0.5) is 0 Å². The van der Waals surface area contributed by atoms with Crippen LogP contribution in [0, 0.1) is 5.41 Å². The Morgan fingerprint density at radius 3 is 2.52 bits per heavy atom. The third kappa shape index (κ3) is 3.26. The van der Waals surface area contributed by atoms with Crippen molar-refractivity contribution in [3.05, 3.63) is 23.8 Å². The Balaban J connectivity index is 1.79. The van der Waals surface area contributed by atoms with Crippen molar-refractivity contribution in [3.8, 4) is 11.5 Å². The number of benzene rings is 1. The predicted octanol–water partition coefficient (Wildman–Crippen LogP) is 2.97. The van der Waals surface area contributed by atoms with E-state index in [1.54, 1.807) is 14.2 Å². The van der Waals surface area contributed by atoms with Gasteiger partial charge < -0.3 is 19.1 Å². The number of methoxy groups -OCH3 is 2. The van der Waals surface area contributed by atoms with E-state index in [0.717, 1.165) is 18.4 Å². The smallest absolute Gasteiger partial charge is 0.314 e. The minimum absolute atomic E-state index is 0.0563. The Morgan fingerprint density at radius 2 is 1.89 bits per heavy atom. The van der Waals surface area contributed by atoms with Crippen molar-refractivity contribution < 1.29 is 23.8 Å². The van der Waals surface area contributed by atoms with Gasteiger partial charge in [0.2, 0.25) is 5.91 Å². The summed E-state index contributed by atoms with van der Waals surface area (Å²) in [7, 11) is 3.17. The van der Waals surface area contributed by atoms with Gasteiger partial charge >= 0.3 is 5.97 Å². The number of rotatable bonds is 7. The summed E-state index contributed by atoms with van der Waals surface area (Å²) in [4.78, 5) is 27.7. The SMILES string of the molecule is CCOC(=O)[C@@]1(CC)C[C@H]2CC[C@@H]1N2C(=O)Cc1ccc(OC)c(OC)c1. The molecule has 2 heterocycles. The average molecular weight is 375 g/mol. The highest BCUT2D eigenvalue weighted by Crippen LogP contribution is 2.52. The lowest BCUT2D eigenvalue weighted by Gasteiger charge is -2.34. The highest BCUT2D eigenvalue weighted by Gasteiger charge is 2.60. The predicted molar refractivity (Wildman–Crippen MR) is 101 cm³/mol. The van der Waals surface area contributed by atoms with Gasteiger partial charge in [-0.05, 0) is 50.3 Å². The monoisotopic (exact) mass is 375 g/mol. The third-order valence-corrected chi connectivity index (χ3v) is 6.14. The molecule has 2 fully saturated rings. The Bertz CT molecular complexity index is 719. The van der Waals surface area contributed by atoms with E-state index in [1.807, 2.05) is 36.9 Å². The number of ether oxygens (including phenoxy) is 3. The van der Waals surface area contributed by atoms with Gasteiger partial charge in [-0.3, -0.25) is 9.59 Å². The molecule has 1 amide bonds. The van der Waals surface area contributed by atoms with Crippen LogP contribution >= 0.6 is 0 Å². The summed E-state index contributed by atoms with van der Waals surface area (Å²) in [5, 5.41) is 0. The maximum atomic E-state index is 13.1. The molecule has 0 radical (unpaired) electrons. The van der Waals surface area contributed by atoms with Crippen LogP contribution in [0.2, 0.25) is 0 Å². The minimum atomic E-state index is -0.549. The molecule has 1 aromatic rings. The lowest BCUT2D eigenvalue weighted by atomic mass is 9.72. The maximum absolute atomic E-state index is 13.1. The first-order chi connectivity index (χ1) is 13.0. The lowest BCUT2D eigenvalue weighted by Crippen LogP contribution is -2.46. The fourth-order valence-electron chi connectivity index (χ4n) is 4.83. The fraction of sp³-hybridized carbons (Fsp3) is 0.619. The number of carbonyl (C=O) groups is 2. The molecule has 27 heavy (non-hydrogen) atoms. The molecule has 148 valence electrons. The topological polar surface area (TPSA) is 65.1 Å². The van der Waals surface area contributed by atoms with E-state index in [4.69, 9.17) is 14.2 Å². The number of nitrogens with zero attached hydrogens (tertiary/aromatic N) is 1. The number of hydrogen-bond donors (Lipinski definition) is 0. The first-order valence-electron chi connectivity index (χ1n) is 9.70. The van der Waals surface area contributed by atoms with Gasteiger partial charge in [0.15, 0.2) is 11.5 Å². The summed E-state index contributed by atoms with van der Waals surface area (Å²) >= 11 is 0. The zero-order chi connectivity index (χ0) is 19.6. The Hall–Kier alpha value is -2.24. The summed E-state index contributed by atoms with van der Waals surface area (Å²) < 4.78 is 16.0. The molecule has 0 aromatic heterocycles. The van der Waals surface area contributed by atoms with Crippen LogP contribution in [0.5, 0.6) is 11.5 Å². The first-order valence-corrected chi connectivity index (χ1v) is 9.70. The van der Waals surface area contributed by atoms with Gasteiger partial charge in [0.1, 0.15) is 0 Å². The molecular formula is C21H29NO5. The highest BCUT2D eigenvalue weighted by atomic mass is 16.5. The van der Waals surface area contributed by atoms with Crippen LogP contribution in [-0.4, -0.2) is 49.7 Å². The minimum Gasteiger partial charge on any atom is -0.493 e. The van der Waals surface area contributed by atoms with Crippen molar-refractivity contribution >= 4 is 11.9 Å². The van der Waals surface area contributed by atoms with Crippen LogP contribution in [-0.2, 0) is 20.7 Å². The van der Waals surface area contributed by atoms with Gasteiger partial charge in [0.25, 0.3) is 0 Å². The van der Waals surface area contributed by atoms with Gasteiger partial charge in [0, 0.05) is 12.1 Å². The molecular weight excluding hydrogens is 346 g/mol. The van der Waals surface area contributed by atoms with E-state index in [1.165, 1.54) is 0 Å². The van der Waals surface area contributed by atoms with E-state index >= 15 is 0 Å². The summed E-state index contributed by atoms with van der Waals surface area (Å²) in [6.07, 6.45) is 3.53. The van der Waals surface area contributed by atoms with Gasteiger partial charge in [0.05, 0.1) is 32.7 Å². The van der Waals surface area contributed by atoms with Gasteiger partial charge in [-0.1, -0.05) is 13.0 Å². The molecule has 0 unspecified atom stereocenters. The van der Waals surface area contributed by atoms with Crippen molar-refractivity contribution in [1.82, 2.24) is 4.90 Å². The van der Waals surface area contributed by atoms with Gasteiger partial charge in [-0.25, -0.2) is 0 Å². The quantitative estimate of drug-likeness (QED) is 0.686. The van der Waals surface area contributed by atoms with Gasteiger partial charge in [-0.15, -0.1) is 0 Å². The zero-order valence-corrected chi connectivity index (χ0v) is 16.6. The Morgan fingerprint density at radius 1 is 1.15 bits per heavy atom. The van der Waals surface area contributed by atoms with E-state index in [2.05, 4.69) is 0 Å². The molecule has 0 saturated carbocycles. The molecule has 3 rings (SSSR count). The van der Waals surface area contributed by atoms with Crippen LogP contribution < -0.4 is 9.47 Å². The van der Waals surface area contributed by atoms with Crippen LogP contribution in [0.1, 0.15) is 45.1 Å². The lowest BCUT2D eigenvalue weighted by molar-refractivity contribution is -0.158. The number of fused-ring (bicyclic) bond motifs is 2. The van der Waals surface area contributed by atoms with E-state index in [9.17, 15) is 9.59 Å². The third-order valence-electron chi connectivity index (χ3n) is 6.14. The second-order valence-corrected chi connectivity index (χ2v) is 7.35. The molecule has 2 bridgehead atoms. The van der Waals surface area contributed by atoms with E-state index < -0.39 is 5.41 Å². The van der Waals surface area contributed by atoms with Gasteiger partial charge in [-0.2, -0.15) is 0 Å². The second-order valence-electron chi connectivity index (χ2n) is 7.35. The zero-order valence-electron chi connectivity index (χ0n) is 16.6. The van der Waals surface area contributed by atoms with Crippen molar-refractivity contribution in [2.45, 2.75) is 58.0 Å². The summed E-state index contributed by atoms with van der Waals surface area (Å²) in [5.74, 6) is 1.17. The molecule has 3 atom stereocenters. The van der Waals surface area contributed by atoms with Crippen molar-refractivity contribution in [2.75, 3.05) is 20.8 Å². The van der Waals surface area contributed by atoms with E-state index in [0.29, 0.717) is 30.9 Å². The molecule has 1 aromatic carbocycles. The van der Waals surface area contributed by atoms with Crippen molar-refractivity contribution in [3.63, 3.8) is 0 Å². The number of esters is 1. The van der Waals surface area contributed by atoms with E-state index in [-0.39, 0.29) is 30.4 Å². The Kier molecular flexibility index (Phi) is 5.63. The second kappa shape index (κ2) is 7.79. The molecule has 2 saturated heterocycles. The first kappa shape index (κ1) is 19.5. The van der Waals surface area contributed by atoms with Crippen LogP contribution in [0.25, 0.3) is 0 Å². The summed E-state index contributed by atoms with van der Waals surface area (Å²) in [6, 6.07) is 5.61. The molecule has 6 heteroatoms. The molecule has 2 aliphatic rings. The Labute approximate surface area is 160 Å². The largest absolute Gasteiger partial charge is 0.493 e. The molecule has 0 N–H and O–H groups in total. The fourth-order valence-corrected chi connectivity index (χ4v) is 4.83. The molecule has 0 aliphatic carbocycles. The van der Waals surface area contributed by atoms with Crippen LogP contribution in [0.3, 0.4) is 0 Å². The summed E-state index contributed by atoms with van der Waals surface area (Å²) in [5.41, 5.74) is 0.328. The molecule has 0 spiro atoms. The standard InChI is InChI=1S/C21H29NO5/c1-5-21(20(24)27-6-2)13-15-8-10-18(21)22(15)19(23)12-14-7-9-16(25-3)17(11-14)26-4/h7,9,11,15,18H,5-6,8,10,12-13H2,1-4H3/t15-,18+,21+/m1/s1. The normalized spacial score (nSPS) is 26.1. The molecule has 2 aliphatic heterocycles. The summed E-state index contributed by atoms with van der Waals surface area (Å²) in [6.45, 7) is 4.22. The number of amides is 1. The number of hydrogen-bond acceptors (Lipinski definition) is 5. The molecule has 6 nitrogen and oxygen atoms in total. The number of carbonyl (C=O) groups excluding carboxylic acids is 2.